The number of para-hydroxylation sites is 2. The lowest BCUT2D eigenvalue weighted by atomic mass is 10.1. The molecule has 0 saturated heterocycles. The number of aromatic nitrogens is 2. The smallest absolute Gasteiger partial charge is 0.436 e. The number of nitro groups is 1. The van der Waals surface area contributed by atoms with Crippen molar-refractivity contribution in [2.75, 3.05) is 6.61 Å². The van der Waals surface area contributed by atoms with Crippen LogP contribution in [0.4, 0.5) is 5.95 Å². The molecular formula is C17H23N3O4. The highest BCUT2D eigenvalue weighted by Crippen LogP contribution is 2.29. The molecule has 0 radical (unpaired) electrons. The van der Waals surface area contributed by atoms with Gasteiger partial charge in [0.15, 0.2) is 11.6 Å². The molecule has 1 aromatic carbocycles. The molecule has 0 spiro atoms. The third kappa shape index (κ3) is 3.90. The number of rotatable bonds is 9. The number of unbranched alkanes of at least 4 members (excludes halogenated alkanes) is 3. The van der Waals surface area contributed by atoms with Crippen molar-refractivity contribution in [2.24, 2.45) is 0 Å². The van der Waals surface area contributed by atoms with Crippen LogP contribution in [0.1, 0.15) is 52.0 Å². The quantitative estimate of drug-likeness (QED) is 0.299. The van der Waals surface area contributed by atoms with E-state index in [9.17, 15) is 14.9 Å². The van der Waals surface area contributed by atoms with Crippen molar-refractivity contribution in [3.8, 4) is 0 Å². The number of hydrogen-bond acceptors (Lipinski definition) is 5. The fourth-order valence-corrected chi connectivity index (χ4v) is 2.82. The minimum atomic E-state index is -0.727. The Kier molecular flexibility index (Phi) is 6.28. The van der Waals surface area contributed by atoms with Gasteiger partial charge in [0.25, 0.3) is 0 Å². The molecule has 24 heavy (non-hydrogen) atoms. The number of esters is 1. The minimum Gasteiger partial charge on any atom is -0.463 e. The Hall–Kier alpha value is -2.44. The topological polar surface area (TPSA) is 87.3 Å². The number of fused-ring (bicyclic) bond motifs is 1. The number of nitrogens with zero attached hydrogens (tertiary/aromatic N) is 3. The van der Waals surface area contributed by atoms with Crippen molar-refractivity contribution in [2.45, 2.75) is 52.0 Å². The molecule has 1 unspecified atom stereocenters. The summed E-state index contributed by atoms with van der Waals surface area (Å²) in [5, 5.41) is 11.4. The highest BCUT2D eigenvalue weighted by atomic mass is 16.6. The van der Waals surface area contributed by atoms with E-state index in [1.54, 1.807) is 31.2 Å². The highest BCUT2D eigenvalue weighted by Gasteiger charge is 2.33. The van der Waals surface area contributed by atoms with Gasteiger partial charge in [-0.25, -0.2) is 9.36 Å². The predicted molar refractivity (Wildman–Crippen MR) is 90.8 cm³/mol. The zero-order valence-corrected chi connectivity index (χ0v) is 14.1. The molecule has 1 atom stereocenters. The van der Waals surface area contributed by atoms with Gasteiger partial charge in [0.2, 0.25) is 0 Å². The second-order valence-electron chi connectivity index (χ2n) is 5.64. The predicted octanol–water partition coefficient (Wildman–Crippen LogP) is 4.02. The van der Waals surface area contributed by atoms with Crippen LogP contribution < -0.4 is 0 Å². The summed E-state index contributed by atoms with van der Waals surface area (Å²) >= 11 is 0. The molecule has 0 fully saturated rings. The van der Waals surface area contributed by atoms with Gasteiger partial charge in [0.05, 0.1) is 6.61 Å². The molecular weight excluding hydrogens is 310 g/mol. The van der Waals surface area contributed by atoms with Crippen LogP contribution in [0.3, 0.4) is 0 Å². The average Bonchev–Trinajstić information content (AvgIpc) is 2.95. The number of benzene rings is 1. The number of hydrogen-bond donors (Lipinski definition) is 0. The van der Waals surface area contributed by atoms with Crippen LogP contribution in [0, 0.1) is 10.1 Å². The summed E-state index contributed by atoms with van der Waals surface area (Å²) in [5.74, 6) is -0.759. The molecule has 0 aliphatic rings. The minimum absolute atomic E-state index is 0.241. The Morgan fingerprint density at radius 1 is 1.29 bits per heavy atom. The van der Waals surface area contributed by atoms with Crippen molar-refractivity contribution in [1.82, 2.24) is 9.55 Å². The Morgan fingerprint density at radius 2 is 2.04 bits per heavy atom. The van der Waals surface area contributed by atoms with Crippen LogP contribution in [-0.2, 0) is 9.53 Å². The molecule has 0 aliphatic carbocycles. The lowest BCUT2D eigenvalue weighted by molar-refractivity contribution is -0.396. The van der Waals surface area contributed by atoms with Gasteiger partial charge in [-0.2, -0.15) is 0 Å². The number of ether oxygens (including phenoxy) is 1. The first-order chi connectivity index (χ1) is 11.6. The summed E-state index contributed by atoms with van der Waals surface area (Å²) in [6, 6.07) is 6.27. The fourth-order valence-electron chi connectivity index (χ4n) is 2.82. The average molecular weight is 333 g/mol. The molecule has 0 saturated carbocycles. The number of carbonyl (C=O) groups is 1. The number of imidazole rings is 1. The first kappa shape index (κ1) is 17.9. The largest absolute Gasteiger partial charge is 0.463 e. The van der Waals surface area contributed by atoms with E-state index in [1.165, 1.54) is 4.57 Å². The van der Waals surface area contributed by atoms with Crippen LogP contribution in [0.2, 0.25) is 0 Å². The Balaban J connectivity index is 2.43. The summed E-state index contributed by atoms with van der Waals surface area (Å²) in [6.07, 6.45) is 4.44. The van der Waals surface area contributed by atoms with Crippen molar-refractivity contribution >= 4 is 23.0 Å². The maximum Gasteiger partial charge on any atom is 0.436 e. The molecule has 2 aromatic rings. The zero-order valence-electron chi connectivity index (χ0n) is 14.1. The van der Waals surface area contributed by atoms with Crippen LogP contribution in [0.5, 0.6) is 0 Å². The maximum atomic E-state index is 12.4. The van der Waals surface area contributed by atoms with Crippen molar-refractivity contribution in [3.05, 3.63) is 34.4 Å². The molecule has 0 N–H and O–H groups in total. The van der Waals surface area contributed by atoms with E-state index in [4.69, 9.17) is 4.74 Å². The SMILES string of the molecule is CCCCCCC(C(=O)OCC)n1c([N+](=O)[O-])nc2ccccc21. The van der Waals surface area contributed by atoms with Crippen LogP contribution in [0.25, 0.3) is 11.0 Å². The van der Waals surface area contributed by atoms with E-state index >= 15 is 0 Å². The summed E-state index contributed by atoms with van der Waals surface area (Å²) in [6.45, 7) is 4.08. The monoisotopic (exact) mass is 333 g/mol. The molecule has 1 aromatic heterocycles. The van der Waals surface area contributed by atoms with Gasteiger partial charge in [-0.05, 0) is 36.8 Å². The lowest BCUT2D eigenvalue weighted by Crippen LogP contribution is -2.23. The summed E-state index contributed by atoms with van der Waals surface area (Å²) < 4.78 is 6.57. The van der Waals surface area contributed by atoms with Gasteiger partial charge in [-0.3, -0.25) is 0 Å². The lowest BCUT2D eigenvalue weighted by Gasteiger charge is -2.15. The molecule has 2 rings (SSSR count). The Labute approximate surface area is 140 Å². The van der Waals surface area contributed by atoms with Crippen LogP contribution in [-0.4, -0.2) is 27.1 Å². The molecule has 1 heterocycles. The zero-order chi connectivity index (χ0) is 17.5. The fraction of sp³-hybridized carbons (Fsp3) is 0.529. The molecule has 0 aliphatic heterocycles. The van der Waals surface area contributed by atoms with Gasteiger partial charge in [-0.1, -0.05) is 43.3 Å². The van der Waals surface area contributed by atoms with Gasteiger partial charge < -0.3 is 14.9 Å². The van der Waals surface area contributed by atoms with Crippen molar-refractivity contribution in [1.29, 1.82) is 0 Å². The molecule has 0 amide bonds. The Bertz CT molecular complexity index is 711. The van der Waals surface area contributed by atoms with Gasteiger partial charge in [-0.15, -0.1) is 0 Å². The van der Waals surface area contributed by atoms with E-state index in [0.717, 1.165) is 25.7 Å². The second kappa shape index (κ2) is 8.42. The van der Waals surface area contributed by atoms with Crippen LogP contribution in [0.15, 0.2) is 24.3 Å². The first-order valence-corrected chi connectivity index (χ1v) is 8.38. The van der Waals surface area contributed by atoms with Gasteiger partial charge in [0, 0.05) is 0 Å². The summed E-state index contributed by atoms with van der Waals surface area (Å²) in [4.78, 5) is 27.4. The molecule has 7 nitrogen and oxygen atoms in total. The third-order valence-electron chi connectivity index (χ3n) is 3.94. The first-order valence-electron chi connectivity index (χ1n) is 8.38. The molecule has 0 bridgehead atoms. The standard InChI is InChI=1S/C17H23N3O4/c1-3-5-6-7-12-15(16(21)24-4-2)19-14-11-9-8-10-13(14)18-17(19)20(22)23/h8-11,15H,3-7,12H2,1-2H3. The molecule has 7 heteroatoms. The van der Waals surface area contributed by atoms with Crippen molar-refractivity contribution < 1.29 is 14.5 Å². The van der Waals surface area contributed by atoms with E-state index in [-0.39, 0.29) is 12.6 Å². The van der Waals surface area contributed by atoms with Crippen molar-refractivity contribution in [3.63, 3.8) is 0 Å². The van der Waals surface area contributed by atoms with E-state index in [0.29, 0.717) is 17.5 Å². The maximum absolute atomic E-state index is 12.4. The third-order valence-corrected chi connectivity index (χ3v) is 3.94. The summed E-state index contributed by atoms with van der Waals surface area (Å²) in [5.41, 5.74) is 1.09. The normalized spacial score (nSPS) is 12.2. The van der Waals surface area contributed by atoms with E-state index in [1.807, 2.05) is 0 Å². The second-order valence-corrected chi connectivity index (χ2v) is 5.64. The van der Waals surface area contributed by atoms with E-state index in [2.05, 4.69) is 11.9 Å². The summed E-state index contributed by atoms with van der Waals surface area (Å²) in [7, 11) is 0. The van der Waals surface area contributed by atoms with Crippen LogP contribution >= 0.6 is 0 Å². The number of carbonyl (C=O) groups excluding carboxylic acids is 1. The molecule has 130 valence electrons. The van der Waals surface area contributed by atoms with E-state index < -0.39 is 16.9 Å². The van der Waals surface area contributed by atoms with Gasteiger partial charge >= 0.3 is 11.9 Å². The van der Waals surface area contributed by atoms with Gasteiger partial charge in [0.1, 0.15) is 5.52 Å². The Morgan fingerprint density at radius 3 is 2.71 bits per heavy atom. The highest BCUT2D eigenvalue weighted by molar-refractivity contribution is 5.82.